The molecular weight excluding hydrogens is 248 g/mol. The summed E-state index contributed by atoms with van der Waals surface area (Å²) >= 11 is 0. The summed E-state index contributed by atoms with van der Waals surface area (Å²) in [6, 6.07) is 8.70. The Balaban J connectivity index is 2.55. The van der Waals surface area contributed by atoms with E-state index in [1.807, 2.05) is 12.1 Å². The Morgan fingerprint density at radius 1 is 1.30 bits per heavy atom. The minimum atomic E-state index is 0.208. The zero-order valence-electron chi connectivity index (χ0n) is 13.9. The molecule has 0 heterocycles. The Kier molecular flexibility index (Phi) is 6.50. The van der Waals surface area contributed by atoms with Gasteiger partial charge in [-0.1, -0.05) is 25.1 Å². The fraction of sp³-hybridized carbons (Fsp3) is 0.647. The van der Waals surface area contributed by atoms with Gasteiger partial charge < -0.3 is 10.1 Å². The molecule has 114 valence electrons. The molecule has 0 aliphatic carbocycles. The van der Waals surface area contributed by atoms with E-state index in [1.54, 1.807) is 7.11 Å². The topological polar surface area (TPSA) is 24.5 Å². The molecular formula is C17H30N2O. The minimum Gasteiger partial charge on any atom is -0.496 e. The minimum absolute atomic E-state index is 0.208. The number of nitrogens with zero attached hydrogens (tertiary/aromatic N) is 1. The standard InChI is InChI=1S/C17H30N2O/c1-7-17(3,4)18-12-14(2)19(5)13-15-10-8-9-11-16(15)20-6/h8-11,14,18H,7,12-13H2,1-6H3. The maximum atomic E-state index is 5.42. The summed E-state index contributed by atoms with van der Waals surface area (Å²) in [5, 5.41) is 3.63. The van der Waals surface area contributed by atoms with Crippen molar-refractivity contribution in [3.05, 3.63) is 29.8 Å². The zero-order chi connectivity index (χ0) is 15.2. The van der Waals surface area contributed by atoms with Gasteiger partial charge in [0.25, 0.3) is 0 Å². The Hall–Kier alpha value is -1.06. The maximum absolute atomic E-state index is 5.42. The van der Waals surface area contributed by atoms with Crippen LogP contribution in [0, 0.1) is 0 Å². The first kappa shape index (κ1) is 17.0. The lowest BCUT2D eigenvalue weighted by molar-refractivity contribution is 0.221. The van der Waals surface area contributed by atoms with Crippen molar-refractivity contribution in [2.75, 3.05) is 20.7 Å². The van der Waals surface area contributed by atoms with Crippen molar-refractivity contribution >= 4 is 0 Å². The highest BCUT2D eigenvalue weighted by molar-refractivity contribution is 5.33. The van der Waals surface area contributed by atoms with Crippen LogP contribution in [0.15, 0.2) is 24.3 Å². The third-order valence-corrected chi connectivity index (χ3v) is 4.12. The molecule has 0 spiro atoms. The number of hydrogen-bond donors (Lipinski definition) is 1. The third-order valence-electron chi connectivity index (χ3n) is 4.12. The first-order valence-corrected chi connectivity index (χ1v) is 7.46. The first-order valence-electron chi connectivity index (χ1n) is 7.46. The molecule has 1 atom stereocenters. The number of methoxy groups -OCH3 is 1. The molecule has 0 aliphatic rings. The SMILES string of the molecule is CCC(C)(C)NCC(C)N(C)Cc1ccccc1OC. The second-order valence-corrected chi connectivity index (χ2v) is 6.19. The Labute approximate surface area is 124 Å². The molecule has 0 saturated carbocycles. The predicted octanol–water partition coefficient (Wildman–Crippen LogP) is 3.29. The number of hydrogen-bond acceptors (Lipinski definition) is 3. The van der Waals surface area contributed by atoms with Gasteiger partial charge in [0.05, 0.1) is 7.11 Å². The molecule has 1 unspecified atom stereocenters. The first-order chi connectivity index (χ1) is 9.39. The molecule has 0 radical (unpaired) electrons. The number of benzene rings is 1. The Morgan fingerprint density at radius 2 is 1.95 bits per heavy atom. The van der Waals surface area contributed by atoms with Gasteiger partial charge in [0, 0.05) is 30.2 Å². The molecule has 3 nitrogen and oxygen atoms in total. The number of nitrogens with one attached hydrogen (secondary N) is 1. The normalized spacial score (nSPS) is 13.6. The van der Waals surface area contributed by atoms with Crippen LogP contribution in [-0.2, 0) is 6.54 Å². The van der Waals surface area contributed by atoms with E-state index < -0.39 is 0 Å². The van der Waals surface area contributed by atoms with Gasteiger partial charge in [-0.3, -0.25) is 4.90 Å². The van der Waals surface area contributed by atoms with E-state index in [-0.39, 0.29) is 5.54 Å². The van der Waals surface area contributed by atoms with Crippen LogP contribution in [0.2, 0.25) is 0 Å². The van der Waals surface area contributed by atoms with E-state index in [0.717, 1.165) is 25.3 Å². The van der Waals surface area contributed by atoms with E-state index in [9.17, 15) is 0 Å². The predicted molar refractivity (Wildman–Crippen MR) is 86.3 cm³/mol. The highest BCUT2D eigenvalue weighted by Gasteiger charge is 2.17. The molecule has 0 bridgehead atoms. The fourth-order valence-electron chi connectivity index (χ4n) is 1.96. The highest BCUT2D eigenvalue weighted by atomic mass is 16.5. The maximum Gasteiger partial charge on any atom is 0.123 e. The summed E-state index contributed by atoms with van der Waals surface area (Å²) in [6.07, 6.45) is 1.13. The van der Waals surface area contributed by atoms with Crippen molar-refractivity contribution in [2.45, 2.75) is 52.2 Å². The van der Waals surface area contributed by atoms with Crippen LogP contribution in [0.3, 0.4) is 0 Å². The van der Waals surface area contributed by atoms with Crippen molar-refractivity contribution in [1.29, 1.82) is 0 Å². The van der Waals surface area contributed by atoms with Crippen LogP contribution in [0.25, 0.3) is 0 Å². The van der Waals surface area contributed by atoms with Crippen molar-refractivity contribution in [1.82, 2.24) is 10.2 Å². The summed E-state index contributed by atoms with van der Waals surface area (Å²) in [5.74, 6) is 0.966. The lowest BCUT2D eigenvalue weighted by Crippen LogP contribution is -2.46. The van der Waals surface area contributed by atoms with Gasteiger partial charge in [0.1, 0.15) is 5.75 Å². The van der Waals surface area contributed by atoms with Gasteiger partial charge in [-0.15, -0.1) is 0 Å². The summed E-state index contributed by atoms with van der Waals surface area (Å²) in [7, 11) is 3.89. The quantitative estimate of drug-likeness (QED) is 0.789. The largest absolute Gasteiger partial charge is 0.496 e. The van der Waals surface area contributed by atoms with Crippen LogP contribution in [-0.4, -0.2) is 37.2 Å². The Morgan fingerprint density at radius 3 is 2.55 bits per heavy atom. The van der Waals surface area contributed by atoms with Crippen LogP contribution in [0.4, 0.5) is 0 Å². The van der Waals surface area contributed by atoms with Gasteiger partial charge >= 0.3 is 0 Å². The molecule has 0 saturated heterocycles. The van der Waals surface area contributed by atoms with Crippen LogP contribution in [0.1, 0.15) is 39.7 Å². The molecule has 0 aliphatic heterocycles. The van der Waals surface area contributed by atoms with Gasteiger partial charge in [0.2, 0.25) is 0 Å². The number of likely N-dealkylation sites (N-methyl/N-ethyl adjacent to an activating group) is 1. The van der Waals surface area contributed by atoms with E-state index in [4.69, 9.17) is 4.74 Å². The lowest BCUT2D eigenvalue weighted by Gasteiger charge is -2.31. The molecule has 1 aromatic rings. The summed E-state index contributed by atoms with van der Waals surface area (Å²) in [5.41, 5.74) is 1.44. The fourth-order valence-corrected chi connectivity index (χ4v) is 1.96. The van der Waals surface area contributed by atoms with Gasteiger partial charge in [-0.25, -0.2) is 0 Å². The van der Waals surface area contributed by atoms with Crippen LogP contribution < -0.4 is 10.1 Å². The average Bonchev–Trinajstić information content (AvgIpc) is 2.45. The zero-order valence-corrected chi connectivity index (χ0v) is 13.9. The number of para-hydroxylation sites is 1. The number of rotatable bonds is 8. The van der Waals surface area contributed by atoms with Gasteiger partial charge in [-0.05, 0) is 40.3 Å². The lowest BCUT2D eigenvalue weighted by atomic mass is 10.0. The second-order valence-electron chi connectivity index (χ2n) is 6.19. The Bertz CT molecular complexity index is 404. The van der Waals surface area contributed by atoms with Gasteiger partial charge in [-0.2, -0.15) is 0 Å². The summed E-state index contributed by atoms with van der Waals surface area (Å²) in [4.78, 5) is 2.36. The van der Waals surface area contributed by atoms with E-state index in [1.165, 1.54) is 5.56 Å². The van der Waals surface area contributed by atoms with Gasteiger partial charge in [0.15, 0.2) is 0 Å². The second kappa shape index (κ2) is 7.65. The van der Waals surface area contributed by atoms with E-state index in [0.29, 0.717) is 6.04 Å². The smallest absolute Gasteiger partial charge is 0.123 e. The van der Waals surface area contributed by atoms with E-state index >= 15 is 0 Å². The monoisotopic (exact) mass is 278 g/mol. The van der Waals surface area contributed by atoms with Crippen molar-refractivity contribution < 1.29 is 4.74 Å². The highest BCUT2D eigenvalue weighted by Crippen LogP contribution is 2.19. The van der Waals surface area contributed by atoms with Crippen molar-refractivity contribution in [3.63, 3.8) is 0 Å². The van der Waals surface area contributed by atoms with Crippen LogP contribution in [0.5, 0.6) is 5.75 Å². The molecule has 1 rings (SSSR count). The third kappa shape index (κ3) is 5.14. The molecule has 0 aromatic heterocycles. The average molecular weight is 278 g/mol. The molecule has 3 heteroatoms. The summed E-state index contributed by atoms with van der Waals surface area (Å²) < 4.78 is 5.42. The molecule has 1 N–H and O–H groups in total. The summed E-state index contributed by atoms with van der Waals surface area (Å²) in [6.45, 7) is 10.9. The molecule has 20 heavy (non-hydrogen) atoms. The molecule has 0 amide bonds. The number of ether oxygens (including phenoxy) is 1. The van der Waals surface area contributed by atoms with Crippen LogP contribution >= 0.6 is 0 Å². The molecule has 1 aromatic carbocycles. The molecule has 0 fully saturated rings. The van der Waals surface area contributed by atoms with E-state index in [2.05, 4.69) is 57.1 Å². The van der Waals surface area contributed by atoms with Crippen molar-refractivity contribution in [3.8, 4) is 5.75 Å². The van der Waals surface area contributed by atoms with Crippen molar-refractivity contribution in [2.24, 2.45) is 0 Å².